The Morgan fingerprint density at radius 2 is 2.09 bits per heavy atom. The summed E-state index contributed by atoms with van der Waals surface area (Å²) in [6, 6.07) is 7.19. The van der Waals surface area contributed by atoms with Gasteiger partial charge in [0.05, 0.1) is 12.2 Å². The fraction of sp³-hybridized carbons (Fsp3) is 0.294. The number of rotatable bonds is 2. The Balaban J connectivity index is 2.20. The zero-order valence-corrected chi connectivity index (χ0v) is 12.6. The van der Waals surface area contributed by atoms with Gasteiger partial charge >= 0.3 is 11.6 Å². The van der Waals surface area contributed by atoms with Crippen LogP contribution in [-0.4, -0.2) is 12.6 Å². The van der Waals surface area contributed by atoms with Gasteiger partial charge in [0.15, 0.2) is 0 Å². The lowest BCUT2D eigenvalue weighted by atomic mass is 9.97. The van der Waals surface area contributed by atoms with Gasteiger partial charge in [0.25, 0.3) is 0 Å². The highest BCUT2D eigenvalue weighted by Gasteiger charge is 2.28. The van der Waals surface area contributed by atoms with Gasteiger partial charge in [-0.1, -0.05) is 11.6 Å². The monoisotopic (exact) mass is 300 g/mol. The molecule has 0 spiro atoms. The molecule has 2 heterocycles. The second kappa shape index (κ2) is 5.33. The van der Waals surface area contributed by atoms with Crippen LogP contribution in [0.25, 0.3) is 11.3 Å². The molecule has 1 aromatic carbocycles. The third-order valence-corrected chi connectivity index (χ3v) is 3.59. The summed E-state index contributed by atoms with van der Waals surface area (Å²) in [6.45, 7) is 5.67. The van der Waals surface area contributed by atoms with Crippen molar-refractivity contribution < 1.29 is 18.7 Å². The van der Waals surface area contributed by atoms with Gasteiger partial charge in [-0.2, -0.15) is 0 Å². The number of aryl methyl sites for hydroxylation is 1. The molecule has 5 nitrogen and oxygen atoms in total. The Hall–Kier alpha value is -2.56. The summed E-state index contributed by atoms with van der Waals surface area (Å²) in [7, 11) is 0. The lowest BCUT2D eigenvalue weighted by Crippen LogP contribution is -2.21. The van der Waals surface area contributed by atoms with E-state index in [4.69, 9.17) is 13.9 Å². The highest BCUT2D eigenvalue weighted by molar-refractivity contribution is 5.89. The van der Waals surface area contributed by atoms with Crippen LogP contribution in [0.2, 0.25) is 0 Å². The summed E-state index contributed by atoms with van der Waals surface area (Å²) in [5.41, 5.74) is 1.62. The molecule has 0 fully saturated rings. The number of hydrogen-bond donors (Lipinski definition) is 0. The second-order valence-electron chi connectivity index (χ2n) is 5.21. The van der Waals surface area contributed by atoms with E-state index in [9.17, 15) is 9.59 Å². The van der Waals surface area contributed by atoms with Gasteiger partial charge in [-0.25, -0.2) is 9.59 Å². The maximum atomic E-state index is 12.1. The van der Waals surface area contributed by atoms with Crippen LogP contribution in [0.1, 0.15) is 41.4 Å². The molecule has 0 bridgehead atoms. The van der Waals surface area contributed by atoms with Gasteiger partial charge in [0.1, 0.15) is 23.2 Å². The molecule has 1 unspecified atom stereocenters. The molecule has 0 amide bonds. The van der Waals surface area contributed by atoms with Crippen molar-refractivity contribution in [2.45, 2.75) is 26.9 Å². The second-order valence-corrected chi connectivity index (χ2v) is 5.21. The lowest BCUT2D eigenvalue weighted by Gasteiger charge is -2.25. The van der Waals surface area contributed by atoms with Gasteiger partial charge in [-0.3, -0.25) is 0 Å². The number of fused-ring (bicyclic) bond motifs is 3. The Kier molecular flexibility index (Phi) is 3.48. The Morgan fingerprint density at radius 1 is 1.32 bits per heavy atom. The number of carbonyl (C=O) groups is 1. The zero-order valence-electron chi connectivity index (χ0n) is 12.6. The maximum absolute atomic E-state index is 12.1. The first-order valence-electron chi connectivity index (χ1n) is 7.14. The number of ether oxygens (including phenoxy) is 2. The van der Waals surface area contributed by atoms with E-state index in [-0.39, 0.29) is 18.3 Å². The molecular weight excluding hydrogens is 284 g/mol. The molecule has 3 rings (SSSR count). The van der Waals surface area contributed by atoms with Crippen molar-refractivity contribution in [3.05, 3.63) is 51.4 Å². The molecule has 1 atom stereocenters. The van der Waals surface area contributed by atoms with Crippen LogP contribution in [0.15, 0.2) is 33.5 Å². The largest absolute Gasteiger partial charge is 0.485 e. The van der Waals surface area contributed by atoms with E-state index in [0.717, 1.165) is 11.1 Å². The van der Waals surface area contributed by atoms with Crippen LogP contribution in [0.4, 0.5) is 0 Å². The molecule has 114 valence electrons. The summed E-state index contributed by atoms with van der Waals surface area (Å²) in [5, 5.41) is 0. The van der Waals surface area contributed by atoms with Crippen LogP contribution in [0, 0.1) is 6.92 Å². The van der Waals surface area contributed by atoms with E-state index in [1.807, 2.05) is 32.0 Å². The number of carbonyl (C=O) groups excluding carboxylic acids is 1. The van der Waals surface area contributed by atoms with E-state index in [0.29, 0.717) is 17.1 Å². The Labute approximate surface area is 127 Å². The van der Waals surface area contributed by atoms with Crippen molar-refractivity contribution in [3.8, 4) is 17.1 Å². The van der Waals surface area contributed by atoms with Crippen molar-refractivity contribution in [2.75, 3.05) is 6.61 Å². The van der Waals surface area contributed by atoms with Crippen molar-refractivity contribution in [2.24, 2.45) is 0 Å². The van der Waals surface area contributed by atoms with E-state index < -0.39 is 11.6 Å². The summed E-state index contributed by atoms with van der Waals surface area (Å²) < 4.78 is 16.1. The van der Waals surface area contributed by atoms with Gasteiger partial charge in [0.2, 0.25) is 0 Å². The summed E-state index contributed by atoms with van der Waals surface area (Å²) in [4.78, 5) is 23.9. The van der Waals surface area contributed by atoms with Crippen molar-refractivity contribution in [3.63, 3.8) is 0 Å². The smallest absolute Gasteiger partial charge is 0.351 e. The van der Waals surface area contributed by atoms with Crippen LogP contribution in [0.5, 0.6) is 5.75 Å². The minimum Gasteiger partial charge on any atom is -0.485 e. The fourth-order valence-corrected chi connectivity index (χ4v) is 2.53. The quantitative estimate of drug-likeness (QED) is 0.796. The van der Waals surface area contributed by atoms with Crippen LogP contribution < -0.4 is 10.4 Å². The van der Waals surface area contributed by atoms with E-state index in [2.05, 4.69) is 0 Å². The van der Waals surface area contributed by atoms with Crippen LogP contribution >= 0.6 is 0 Å². The van der Waals surface area contributed by atoms with Gasteiger partial charge in [-0.05, 0) is 39.0 Å². The highest BCUT2D eigenvalue weighted by atomic mass is 16.5. The third kappa shape index (κ3) is 2.28. The lowest BCUT2D eigenvalue weighted by molar-refractivity contribution is 0.0520. The maximum Gasteiger partial charge on any atom is 0.351 e. The SMILES string of the molecule is CCOC(=O)c1cc2c(oc1=O)-c1cc(C)ccc1OC2C. The predicted molar refractivity (Wildman–Crippen MR) is 80.2 cm³/mol. The van der Waals surface area contributed by atoms with Crippen molar-refractivity contribution in [1.82, 2.24) is 0 Å². The number of esters is 1. The first-order valence-corrected chi connectivity index (χ1v) is 7.14. The molecular formula is C17H16O5. The molecule has 0 aliphatic carbocycles. The van der Waals surface area contributed by atoms with Crippen LogP contribution in [0.3, 0.4) is 0 Å². The summed E-state index contributed by atoms with van der Waals surface area (Å²) >= 11 is 0. The minimum atomic E-state index is -0.696. The number of benzene rings is 1. The van der Waals surface area contributed by atoms with Gasteiger partial charge in [-0.15, -0.1) is 0 Å². The summed E-state index contributed by atoms with van der Waals surface area (Å²) in [5.74, 6) is 0.439. The van der Waals surface area contributed by atoms with Crippen molar-refractivity contribution in [1.29, 1.82) is 0 Å². The average Bonchev–Trinajstić information content (AvgIpc) is 2.48. The van der Waals surface area contributed by atoms with E-state index in [1.165, 1.54) is 6.07 Å². The Bertz CT molecular complexity index is 803. The van der Waals surface area contributed by atoms with E-state index in [1.54, 1.807) is 6.92 Å². The molecule has 1 aromatic heterocycles. The third-order valence-electron chi connectivity index (χ3n) is 3.59. The normalized spacial score (nSPS) is 15.5. The first kappa shape index (κ1) is 14.4. The fourth-order valence-electron chi connectivity index (χ4n) is 2.53. The van der Waals surface area contributed by atoms with Crippen LogP contribution in [-0.2, 0) is 4.74 Å². The molecule has 22 heavy (non-hydrogen) atoms. The van der Waals surface area contributed by atoms with E-state index >= 15 is 0 Å². The average molecular weight is 300 g/mol. The Morgan fingerprint density at radius 3 is 2.82 bits per heavy atom. The van der Waals surface area contributed by atoms with Crippen molar-refractivity contribution >= 4 is 5.97 Å². The molecule has 5 heteroatoms. The highest BCUT2D eigenvalue weighted by Crippen LogP contribution is 2.42. The standard InChI is InChI=1S/C17H16O5/c1-4-20-16(18)13-8-11-10(3)21-14-6-5-9(2)7-12(14)15(11)22-17(13)19/h5-8,10H,4H2,1-3H3. The molecule has 1 aliphatic rings. The molecule has 1 aliphatic heterocycles. The topological polar surface area (TPSA) is 65.7 Å². The molecule has 0 N–H and O–H groups in total. The molecule has 0 saturated carbocycles. The summed E-state index contributed by atoms with van der Waals surface area (Å²) in [6.07, 6.45) is -0.317. The minimum absolute atomic E-state index is 0.104. The van der Waals surface area contributed by atoms with Gasteiger partial charge < -0.3 is 13.9 Å². The molecule has 2 aromatic rings. The van der Waals surface area contributed by atoms with Gasteiger partial charge in [0, 0.05) is 5.56 Å². The zero-order chi connectivity index (χ0) is 15.9. The molecule has 0 saturated heterocycles. The molecule has 0 radical (unpaired) electrons. The first-order chi connectivity index (χ1) is 10.5. The number of hydrogen-bond acceptors (Lipinski definition) is 5. The predicted octanol–water partition coefficient (Wildman–Crippen LogP) is 3.25.